The number of aryl methyl sites for hydroxylation is 1. The maximum Gasteiger partial charge on any atom is 0.227 e. The van der Waals surface area contributed by atoms with Crippen LogP contribution in [0.5, 0.6) is 5.75 Å². The first-order valence-electron chi connectivity index (χ1n) is 12.1. The van der Waals surface area contributed by atoms with Crippen molar-refractivity contribution in [1.82, 2.24) is 20.1 Å². The highest BCUT2D eigenvalue weighted by Crippen LogP contribution is 2.25. The lowest BCUT2D eigenvalue weighted by atomic mass is 9.96. The molecule has 1 aromatic carbocycles. The van der Waals surface area contributed by atoms with E-state index in [1.807, 2.05) is 45.0 Å². The van der Waals surface area contributed by atoms with Crippen LogP contribution in [0.15, 0.2) is 53.6 Å². The second kappa shape index (κ2) is 12.4. The molecule has 0 saturated heterocycles. The Morgan fingerprint density at radius 1 is 1.14 bits per heavy atom. The highest BCUT2D eigenvalue weighted by molar-refractivity contribution is 5.94. The molecule has 36 heavy (non-hydrogen) atoms. The van der Waals surface area contributed by atoms with Gasteiger partial charge >= 0.3 is 0 Å². The molecule has 8 nitrogen and oxygen atoms in total. The Bertz CT molecular complexity index is 1150. The molecule has 0 N–H and O–H groups in total. The first kappa shape index (κ1) is 27.0. The van der Waals surface area contributed by atoms with Crippen LogP contribution in [0.2, 0.25) is 0 Å². The van der Waals surface area contributed by atoms with Crippen molar-refractivity contribution in [3.8, 4) is 17.1 Å². The Morgan fingerprint density at radius 2 is 1.89 bits per heavy atom. The third-order valence-electron chi connectivity index (χ3n) is 5.60. The molecule has 0 aliphatic heterocycles. The zero-order chi connectivity index (χ0) is 26.1. The molecule has 192 valence electrons. The number of carbonyl (C=O) groups excluding carboxylic acids is 1. The number of amides is 1. The van der Waals surface area contributed by atoms with Gasteiger partial charge in [0.2, 0.25) is 11.8 Å². The van der Waals surface area contributed by atoms with E-state index < -0.39 is 5.83 Å². The summed E-state index contributed by atoms with van der Waals surface area (Å²) >= 11 is 0. The topological polar surface area (TPSA) is 94.2 Å². The van der Waals surface area contributed by atoms with E-state index in [0.29, 0.717) is 41.9 Å². The molecule has 0 atom stereocenters. The summed E-state index contributed by atoms with van der Waals surface area (Å²) in [6.07, 6.45) is 6.43. The fraction of sp³-hybridized carbons (Fsp3) is 0.444. The molecule has 0 saturated carbocycles. The normalized spacial score (nSPS) is 11.4. The monoisotopic (exact) mass is 495 g/mol. The summed E-state index contributed by atoms with van der Waals surface area (Å²) in [5, 5.41) is 4.06. The van der Waals surface area contributed by atoms with E-state index >= 15 is 0 Å². The van der Waals surface area contributed by atoms with Crippen molar-refractivity contribution >= 4 is 11.6 Å². The van der Waals surface area contributed by atoms with Crippen LogP contribution in [0.4, 0.5) is 10.1 Å². The molecule has 0 aliphatic carbocycles. The maximum atomic E-state index is 13.3. The summed E-state index contributed by atoms with van der Waals surface area (Å²) in [5.74, 6) is 1.75. The first-order valence-corrected chi connectivity index (χ1v) is 12.1. The highest BCUT2D eigenvalue weighted by atomic mass is 19.1. The van der Waals surface area contributed by atoms with Gasteiger partial charge in [0.25, 0.3) is 0 Å². The van der Waals surface area contributed by atoms with Crippen LogP contribution in [0.1, 0.15) is 64.6 Å². The number of anilines is 1. The van der Waals surface area contributed by atoms with Gasteiger partial charge in [0.1, 0.15) is 0 Å². The van der Waals surface area contributed by atoms with Gasteiger partial charge < -0.3 is 14.2 Å². The van der Waals surface area contributed by atoms with Gasteiger partial charge in [0.15, 0.2) is 17.4 Å². The lowest BCUT2D eigenvalue weighted by Crippen LogP contribution is -2.31. The Morgan fingerprint density at radius 3 is 2.53 bits per heavy atom. The summed E-state index contributed by atoms with van der Waals surface area (Å²) in [7, 11) is 1.56. The van der Waals surface area contributed by atoms with Gasteiger partial charge in [-0.15, -0.1) is 0 Å². The fourth-order valence-corrected chi connectivity index (χ4v) is 3.54. The van der Waals surface area contributed by atoms with Crippen LogP contribution in [-0.4, -0.2) is 39.7 Å². The Hall–Kier alpha value is -3.62. The summed E-state index contributed by atoms with van der Waals surface area (Å²) < 4.78 is 23.7. The SMILES string of the molecule is C=C(F)CCC(=O)N(CCCCCc1nc(C(C)(C)C)no1)c1cccc(-c2ncc(OC)cn2)c1. The van der Waals surface area contributed by atoms with E-state index in [1.165, 1.54) is 0 Å². The van der Waals surface area contributed by atoms with Crippen molar-refractivity contribution < 1.29 is 18.4 Å². The number of allylic oxidation sites excluding steroid dienone is 1. The number of unbranched alkanes of at least 4 members (excludes halogenated alkanes) is 2. The average Bonchev–Trinajstić information content (AvgIpc) is 3.34. The third kappa shape index (κ3) is 7.69. The molecule has 2 heterocycles. The van der Waals surface area contributed by atoms with Crippen molar-refractivity contribution in [3.63, 3.8) is 0 Å². The molecular weight excluding hydrogens is 461 g/mol. The maximum absolute atomic E-state index is 13.3. The molecule has 0 bridgehead atoms. The predicted molar refractivity (Wildman–Crippen MR) is 136 cm³/mol. The smallest absolute Gasteiger partial charge is 0.227 e. The van der Waals surface area contributed by atoms with Crippen molar-refractivity contribution in [2.24, 2.45) is 0 Å². The number of rotatable bonds is 12. The highest BCUT2D eigenvalue weighted by Gasteiger charge is 2.21. The van der Waals surface area contributed by atoms with Crippen molar-refractivity contribution in [2.45, 2.75) is 64.7 Å². The Balaban J connectivity index is 1.65. The molecule has 3 rings (SSSR count). The van der Waals surface area contributed by atoms with Gasteiger partial charge in [-0.25, -0.2) is 14.4 Å². The Labute approximate surface area is 211 Å². The molecule has 0 unspecified atom stereocenters. The number of halogens is 1. The van der Waals surface area contributed by atoms with Crippen LogP contribution in [0.3, 0.4) is 0 Å². The zero-order valence-electron chi connectivity index (χ0n) is 21.5. The lowest BCUT2D eigenvalue weighted by molar-refractivity contribution is -0.118. The van der Waals surface area contributed by atoms with Gasteiger partial charge in [-0.05, 0) is 25.0 Å². The van der Waals surface area contributed by atoms with Gasteiger partial charge in [-0.1, -0.05) is 51.1 Å². The zero-order valence-corrected chi connectivity index (χ0v) is 21.5. The summed E-state index contributed by atoms with van der Waals surface area (Å²) in [6.45, 7) is 9.91. The molecule has 3 aromatic rings. The minimum Gasteiger partial charge on any atom is -0.494 e. The summed E-state index contributed by atoms with van der Waals surface area (Å²) in [4.78, 5) is 27.8. The molecule has 9 heteroatoms. The van der Waals surface area contributed by atoms with E-state index in [-0.39, 0.29) is 24.2 Å². The Kier molecular flexibility index (Phi) is 9.27. The number of hydrogen-bond acceptors (Lipinski definition) is 7. The number of methoxy groups -OCH3 is 1. The van der Waals surface area contributed by atoms with Gasteiger partial charge in [-0.2, -0.15) is 4.98 Å². The number of carbonyl (C=O) groups is 1. The fourth-order valence-electron chi connectivity index (χ4n) is 3.54. The van der Waals surface area contributed by atoms with Gasteiger partial charge in [0.05, 0.1) is 25.3 Å². The van der Waals surface area contributed by atoms with Crippen LogP contribution >= 0.6 is 0 Å². The van der Waals surface area contributed by atoms with Crippen molar-refractivity contribution in [3.05, 3.63) is 60.8 Å². The molecule has 0 aliphatic rings. The molecule has 0 spiro atoms. The van der Waals surface area contributed by atoms with Gasteiger partial charge in [0, 0.05) is 42.5 Å². The minimum absolute atomic E-state index is 0.00386. The largest absolute Gasteiger partial charge is 0.494 e. The van der Waals surface area contributed by atoms with E-state index in [1.54, 1.807) is 24.4 Å². The van der Waals surface area contributed by atoms with Crippen LogP contribution in [0, 0.1) is 0 Å². The summed E-state index contributed by atoms with van der Waals surface area (Å²) in [6, 6.07) is 7.47. The van der Waals surface area contributed by atoms with E-state index in [4.69, 9.17) is 9.26 Å². The summed E-state index contributed by atoms with van der Waals surface area (Å²) in [5.41, 5.74) is 1.33. The average molecular weight is 496 g/mol. The van der Waals surface area contributed by atoms with E-state index in [0.717, 1.165) is 24.8 Å². The van der Waals surface area contributed by atoms with Crippen LogP contribution in [-0.2, 0) is 16.6 Å². The standard InChI is InChI=1S/C27H34FN5O3/c1-19(28)13-14-24(34)33(15-8-6-7-12-23-31-26(32-36-23)27(2,3)4)21-11-9-10-20(16-21)25-29-17-22(35-5)18-30-25/h9-11,16-18H,1,6-8,12-15H2,2-5H3. The lowest BCUT2D eigenvalue weighted by Gasteiger charge is -2.23. The van der Waals surface area contributed by atoms with Gasteiger partial charge in [-0.3, -0.25) is 4.79 Å². The predicted octanol–water partition coefficient (Wildman–Crippen LogP) is 5.84. The number of hydrogen-bond donors (Lipinski definition) is 0. The molecular formula is C27H34FN5O3. The van der Waals surface area contributed by atoms with Crippen LogP contribution < -0.4 is 9.64 Å². The van der Waals surface area contributed by atoms with E-state index in [2.05, 4.69) is 26.7 Å². The van der Waals surface area contributed by atoms with Crippen molar-refractivity contribution in [2.75, 3.05) is 18.6 Å². The number of aromatic nitrogens is 4. The molecule has 2 aromatic heterocycles. The molecule has 1 amide bonds. The van der Waals surface area contributed by atoms with E-state index in [9.17, 15) is 9.18 Å². The second-order valence-corrected chi connectivity index (χ2v) is 9.63. The number of benzene rings is 1. The molecule has 0 radical (unpaired) electrons. The minimum atomic E-state index is -0.502. The number of nitrogens with zero attached hydrogens (tertiary/aromatic N) is 5. The van der Waals surface area contributed by atoms with Crippen LogP contribution in [0.25, 0.3) is 11.4 Å². The number of ether oxygens (including phenoxy) is 1. The van der Waals surface area contributed by atoms with Crippen molar-refractivity contribution in [1.29, 1.82) is 0 Å². The quantitative estimate of drug-likeness (QED) is 0.291. The third-order valence-corrected chi connectivity index (χ3v) is 5.60. The molecule has 0 fully saturated rings. The second-order valence-electron chi connectivity index (χ2n) is 9.63. The first-order chi connectivity index (χ1) is 17.2.